The number of aryl methyl sites for hydroxylation is 2. The molecule has 0 aliphatic rings. The molecule has 0 aliphatic carbocycles. The standard InChI is InChI=1S/C15H14BrN5/c1-9-7-10(2)14(17)8-13(9)15-18-19-20-21(15)12-5-3-11(16)4-6-12/h3-8H,17H2,1-2H3. The van der Waals surface area contributed by atoms with Crippen molar-refractivity contribution in [1.82, 2.24) is 20.2 Å². The van der Waals surface area contributed by atoms with Gasteiger partial charge in [0.25, 0.3) is 0 Å². The number of anilines is 1. The second-order valence-electron chi connectivity index (χ2n) is 4.91. The molecule has 0 radical (unpaired) electrons. The number of rotatable bonds is 2. The van der Waals surface area contributed by atoms with Crippen molar-refractivity contribution >= 4 is 21.6 Å². The van der Waals surface area contributed by atoms with E-state index in [0.29, 0.717) is 5.82 Å². The second-order valence-corrected chi connectivity index (χ2v) is 5.83. The van der Waals surface area contributed by atoms with E-state index in [-0.39, 0.29) is 0 Å². The molecule has 0 unspecified atom stereocenters. The first kappa shape index (κ1) is 13.8. The third-order valence-corrected chi connectivity index (χ3v) is 3.92. The van der Waals surface area contributed by atoms with E-state index in [1.165, 1.54) is 0 Å². The lowest BCUT2D eigenvalue weighted by atomic mass is 10.0. The number of nitrogen functional groups attached to an aromatic ring is 1. The van der Waals surface area contributed by atoms with Crippen LogP contribution in [0.5, 0.6) is 0 Å². The zero-order chi connectivity index (χ0) is 15.0. The molecular formula is C15H14BrN5. The number of nitrogens with two attached hydrogens (primary N) is 1. The van der Waals surface area contributed by atoms with Crippen molar-refractivity contribution in [3.05, 3.63) is 52.0 Å². The fourth-order valence-corrected chi connectivity index (χ4v) is 2.49. The van der Waals surface area contributed by atoms with Gasteiger partial charge in [-0.15, -0.1) is 5.10 Å². The van der Waals surface area contributed by atoms with Crippen molar-refractivity contribution in [1.29, 1.82) is 0 Å². The highest BCUT2D eigenvalue weighted by molar-refractivity contribution is 9.10. The molecule has 1 aromatic heterocycles. The average Bonchev–Trinajstić information content (AvgIpc) is 2.93. The van der Waals surface area contributed by atoms with Gasteiger partial charge in [0.2, 0.25) is 0 Å². The largest absolute Gasteiger partial charge is 0.398 e. The Labute approximate surface area is 130 Å². The SMILES string of the molecule is Cc1cc(C)c(-c2nnnn2-c2ccc(Br)cc2)cc1N. The summed E-state index contributed by atoms with van der Waals surface area (Å²) in [5.74, 6) is 0.682. The minimum absolute atomic E-state index is 0.682. The number of nitrogens with zero attached hydrogens (tertiary/aromatic N) is 4. The molecule has 106 valence electrons. The highest BCUT2D eigenvalue weighted by atomic mass is 79.9. The van der Waals surface area contributed by atoms with Gasteiger partial charge in [0.15, 0.2) is 5.82 Å². The van der Waals surface area contributed by atoms with Crippen molar-refractivity contribution in [2.45, 2.75) is 13.8 Å². The molecule has 0 bridgehead atoms. The van der Waals surface area contributed by atoms with Gasteiger partial charge < -0.3 is 5.73 Å². The van der Waals surface area contributed by atoms with Crippen molar-refractivity contribution in [3.63, 3.8) is 0 Å². The second kappa shape index (κ2) is 5.29. The lowest BCUT2D eigenvalue weighted by molar-refractivity contribution is 0.791. The highest BCUT2D eigenvalue weighted by Crippen LogP contribution is 2.27. The van der Waals surface area contributed by atoms with Crippen molar-refractivity contribution in [2.24, 2.45) is 0 Å². The predicted molar refractivity (Wildman–Crippen MR) is 86.2 cm³/mol. The lowest BCUT2D eigenvalue weighted by Crippen LogP contribution is -2.02. The number of halogens is 1. The summed E-state index contributed by atoms with van der Waals surface area (Å²) in [6, 6.07) is 11.8. The Morgan fingerprint density at radius 2 is 1.76 bits per heavy atom. The van der Waals surface area contributed by atoms with Crippen LogP contribution in [0, 0.1) is 13.8 Å². The molecule has 3 rings (SSSR count). The fourth-order valence-electron chi connectivity index (χ4n) is 2.22. The lowest BCUT2D eigenvalue weighted by Gasteiger charge is -2.10. The summed E-state index contributed by atoms with van der Waals surface area (Å²) < 4.78 is 2.72. The van der Waals surface area contributed by atoms with E-state index < -0.39 is 0 Å². The van der Waals surface area contributed by atoms with Gasteiger partial charge >= 0.3 is 0 Å². The Morgan fingerprint density at radius 3 is 2.48 bits per heavy atom. The van der Waals surface area contributed by atoms with E-state index in [0.717, 1.165) is 32.5 Å². The Kier molecular flexibility index (Phi) is 3.47. The molecule has 0 aliphatic heterocycles. The zero-order valence-electron chi connectivity index (χ0n) is 11.7. The Balaban J connectivity index is 2.15. The van der Waals surface area contributed by atoms with E-state index in [1.807, 2.05) is 50.2 Å². The summed E-state index contributed by atoms with van der Waals surface area (Å²) in [7, 11) is 0. The van der Waals surface area contributed by atoms with E-state index in [2.05, 4.69) is 31.5 Å². The molecule has 21 heavy (non-hydrogen) atoms. The Hall–Kier alpha value is -2.21. The topological polar surface area (TPSA) is 69.6 Å². The first-order valence-corrected chi connectivity index (χ1v) is 7.27. The first-order valence-electron chi connectivity index (χ1n) is 6.47. The maximum Gasteiger partial charge on any atom is 0.187 e. The maximum absolute atomic E-state index is 6.02. The van der Waals surface area contributed by atoms with Crippen molar-refractivity contribution in [2.75, 3.05) is 5.73 Å². The Bertz CT molecular complexity index is 792. The summed E-state index contributed by atoms with van der Waals surface area (Å²) in [6.45, 7) is 4.02. The van der Waals surface area contributed by atoms with Crippen LogP contribution in [0.15, 0.2) is 40.9 Å². The van der Waals surface area contributed by atoms with E-state index in [9.17, 15) is 0 Å². The monoisotopic (exact) mass is 343 g/mol. The molecule has 1 heterocycles. The van der Waals surface area contributed by atoms with E-state index in [4.69, 9.17) is 5.73 Å². The molecular weight excluding hydrogens is 330 g/mol. The van der Waals surface area contributed by atoms with E-state index >= 15 is 0 Å². The predicted octanol–water partition coefficient (Wildman–Crippen LogP) is 3.29. The summed E-state index contributed by atoms with van der Waals surface area (Å²) in [6.07, 6.45) is 0. The molecule has 3 aromatic rings. The van der Waals surface area contributed by atoms with Crippen LogP contribution in [0.1, 0.15) is 11.1 Å². The minimum atomic E-state index is 0.682. The third kappa shape index (κ3) is 2.54. The normalized spacial score (nSPS) is 10.8. The van der Waals surface area contributed by atoms with E-state index in [1.54, 1.807) is 4.68 Å². The van der Waals surface area contributed by atoms with Crippen LogP contribution < -0.4 is 5.73 Å². The maximum atomic E-state index is 6.02. The average molecular weight is 344 g/mol. The fraction of sp³-hybridized carbons (Fsp3) is 0.133. The van der Waals surface area contributed by atoms with Gasteiger partial charge in [-0.05, 0) is 65.7 Å². The molecule has 2 aromatic carbocycles. The van der Waals surface area contributed by atoms with Crippen LogP contribution >= 0.6 is 15.9 Å². The van der Waals surface area contributed by atoms with Crippen molar-refractivity contribution in [3.8, 4) is 17.1 Å². The molecule has 0 spiro atoms. The molecule has 5 nitrogen and oxygen atoms in total. The third-order valence-electron chi connectivity index (χ3n) is 3.39. The molecule has 0 saturated heterocycles. The molecule has 0 saturated carbocycles. The minimum Gasteiger partial charge on any atom is -0.398 e. The van der Waals surface area contributed by atoms with Crippen LogP contribution in [0.3, 0.4) is 0 Å². The number of aromatic nitrogens is 4. The number of benzene rings is 2. The first-order chi connectivity index (χ1) is 10.1. The van der Waals surface area contributed by atoms with Gasteiger partial charge in [-0.2, -0.15) is 4.68 Å². The van der Waals surface area contributed by atoms with Gasteiger partial charge in [-0.3, -0.25) is 0 Å². The smallest absolute Gasteiger partial charge is 0.187 e. The van der Waals surface area contributed by atoms with Crippen LogP contribution in [-0.2, 0) is 0 Å². The zero-order valence-corrected chi connectivity index (χ0v) is 13.3. The number of tetrazole rings is 1. The van der Waals surface area contributed by atoms with Gasteiger partial charge in [0.05, 0.1) is 5.69 Å². The van der Waals surface area contributed by atoms with Gasteiger partial charge in [0, 0.05) is 15.7 Å². The van der Waals surface area contributed by atoms with Crippen molar-refractivity contribution < 1.29 is 0 Å². The summed E-state index contributed by atoms with van der Waals surface area (Å²) in [5.41, 5.74) is 10.7. The molecule has 0 atom stereocenters. The quantitative estimate of drug-likeness (QED) is 0.725. The van der Waals surface area contributed by atoms with Crippen LogP contribution in [0.2, 0.25) is 0 Å². The number of hydrogen-bond acceptors (Lipinski definition) is 4. The van der Waals surface area contributed by atoms with Gasteiger partial charge in [-0.1, -0.05) is 22.0 Å². The number of hydrogen-bond donors (Lipinski definition) is 1. The molecule has 0 amide bonds. The van der Waals surface area contributed by atoms with Crippen LogP contribution in [0.25, 0.3) is 17.1 Å². The van der Waals surface area contributed by atoms with Gasteiger partial charge in [0.1, 0.15) is 0 Å². The molecule has 6 heteroatoms. The van der Waals surface area contributed by atoms with Crippen LogP contribution in [-0.4, -0.2) is 20.2 Å². The Morgan fingerprint density at radius 1 is 1.05 bits per heavy atom. The van der Waals surface area contributed by atoms with Crippen LogP contribution in [0.4, 0.5) is 5.69 Å². The highest BCUT2D eigenvalue weighted by Gasteiger charge is 2.14. The summed E-state index contributed by atoms with van der Waals surface area (Å²) in [4.78, 5) is 0. The molecule has 2 N–H and O–H groups in total. The van der Waals surface area contributed by atoms with Gasteiger partial charge in [-0.25, -0.2) is 0 Å². The summed E-state index contributed by atoms with van der Waals surface area (Å²) in [5, 5.41) is 12.0. The molecule has 0 fully saturated rings. The summed E-state index contributed by atoms with van der Waals surface area (Å²) >= 11 is 3.42.